The Hall–Kier alpha value is -1.72. The maximum Gasteiger partial charge on any atom is 0.124 e. The number of nitrogens with one attached hydrogen (secondary N) is 1. The van der Waals surface area contributed by atoms with Gasteiger partial charge in [-0.05, 0) is 30.3 Å². The molecule has 6 heteroatoms. The summed E-state index contributed by atoms with van der Waals surface area (Å²) in [5.41, 5.74) is 7.30. The van der Waals surface area contributed by atoms with Gasteiger partial charge in [0.1, 0.15) is 10.8 Å². The summed E-state index contributed by atoms with van der Waals surface area (Å²) >= 11 is 10.7. The van der Waals surface area contributed by atoms with Gasteiger partial charge in [-0.1, -0.05) is 23.8 Å². The summed E-state index contributed by atoms with van der Waals surface area (Å²) in [5, 5.41) is 3.32. The first-order valence-electron chi connectivity index (χ1n) is 5.04. The number of aromatic nitrogens is 1. The minimum absolute atomic E-state index is 0.237. The summed E-state index contributed by atoms with van der Waals surface area (Å²) in [6.45, 7) is 0. The maximum atomic E-state index is 12.9. The molecule has 0 spiro atoms. The standard InChI is InChI=1S/C12H9ClFN3S/c13-9-5-7(14)1-3-10(9)17-8-2-4-11(12(15)18)16-6-8/h1-6,17H,(H2,15,18). The molecule has 0 radical (unpaired) electrons. The van der Waals surface area contributed by atoms with Crippen LogP contribution >= 0.6 is 23.8 Å². The number of anilines is 2. The molecule has 18 heavy (non-hydrogen) atoms. The van der Waals surface area contributed by atoms with Gasteiger partial charge in [0.05, 0.1) is 28.3 Å². The van der Waals surface area contributed by atoms with Crippen LogP contribution in [0.4, 0.5) is 15.8 Å². The summed E-state index contributed by atoms with van der Waals surface area (Å²) < 4.78 is 12.9. The number of thiocarbonyl (C=S) groups is 1. The SMILES string of the molecule is NC(=S)c1ccc(Nc2ccc(F)cc2Cl)cn1. The number of nitrogens with zero attached hydrogens (tertiary/aromatic N) is 1. The highest BCUT2D eigenvalue weighted by Crippen LogP contribution is 2.25. The van der Waals surface area contributed by atoms with Crippen molar-refractivity contribution in [2.45, 2.75) is 0 Å². The lowest BCUT2D eigenvalue weighted by Gasteiger charge is -2.08. The Labute approximate surface area is 114 Å². The van der Waals surface area contributed by atoms with Crippen molar-refractivity contribution in [3.63, 3.8) is 0 Å². The van der Waals surface area contributed by atoms with E-state index < -0.39 is 0 Å². The molecule has 0 bridgehead atoms. The van der Waals surface area contributed by atoms with Crippen LogP contribution in [0, 0.1) is 5.82 Å². The van der Waals surface area contributed by atoms with Crippen LogP contribution in [0.25, 0.3) is 0 Å². The second-order valence-electron chi connectivity index (χ2n) is 3.55. The highest BCUT2D eigenvalue weighted by molar-refractivity contribution is 7.80. The molecule has 0 atom stereocenters. The van der Waals surface area contributed by atoms with Gasteiger partial charge in [-0.2, -0.15) is 0 Å². The smallest absolute Gasteiger partial charge is 0.124 e. The van der Waals surface area contributed by atoms with Gasteiger partial charge < -0.3 is 11.1 Å². The van der Waals surface area contributed by atoms with Gasteiger partial charge in [0, 0.05) is 0 Å². The summed E-state index contributed by atoms with van der Waals surface area (Å²) in [6.07, 6.45) is 1.58. The zero-order valence-electron chi connectivity index (χ0n) is 9.15. The molecule has 2 aromatic rings. The molecule has 1 heterocycles. The van der Waals surface area contributed by atoms with Crippen molar-refractivity contribution in [1.82, 2.24) is 4.98 Å². The molecule has 0 saturated carbocycles. The van der Waals surface area contributed by atoms with E-state index in [1.165, 1.54) is 12.1 Å². The molecule has 2 rings (SSSR count). The topological polar surface area (TPSA) is 50.9 Å². The zero-order chi connectivity index (χ0) is 13.1. The molecule has 3 nitrogen and oxygen atoms in total. The number of hydrogen-bond acceptors (Lipinski definition) is 3. The van der Waals surface area contributed by atoms with E-state index in [1.54, 1.807) is 24.4 Å². The third-order valence-electron chi connectivity index (χ3n) is 2.23. The van der Waals surface area contributed by atoms with Crippen molar-refractivity contribution >= 4 is 40.2 Å². The summed E-state index contributed by atoms with van der Waals surface area (Å²) in [4.78, 5) is 4.31. The fourth-order valence-corrected chi connectivity index (χ4v) is 1.70. The number of rotatable bonds is 3. The molecule has 0 amide bonds. The zero-order valence-corrected chi connectivity index (χ0v) is 10.7. The summed E-state index contributed by atoms with van der Waals surface area (Å²) in [7, 11) is 0. The molecule has 92 valence electrons. The maximum absolute atomic E-state index is 12.9. The minimum atomic E-state index is -0.382. The van der Waals surface area contributed by atoms with Gasteiger partial charge in [-0.15, -0.1) is 0 Å². The lowest BCUT2D eigenvalue weighted by atomic mass is 10.3. The molecular formula is C12H9ClFN3S. The van der Waals surface area contributed by atoms with E-state index in [1.807, 2.05) is 0 Å². The Kier molecular flexibility index (Phi) is 3.74. The van der Waals surface area contributed by atoms with Gasteiger partial charge in [0.2, 0.25) is 0 Å². The van der Waals surface area contributed by atoms with Crippen molar-refractivity contribution in [1.29, 1.82) is 0 Å². The van der Waals surface area contributed by atoms with E-state index in [0.29, 0.717) is 22.1 Å². The molecular weight excluding hydrogens is 273 g/mol. The Morgan fingerprint density at radius 1 is 1.33 bits per heavy atom. The van der Waals surface area contributed by atoms with Crippen LogP contribution in [0.1, 0.15) is 5.69 Å². The van der Waals surface area contributed by atoms with Crippen molar-refractivity contribution in [2.24, 2.45) is 5.73 Å². The first-order valence-corrected chi connectivity index (χ1v) is 5.83. The Morgan fingerprint density at radius 3 is 2.67 bits per heavy atom. The van der Waals surface area contributed by atoms with Crippen LogP contribution in [0.15, 0.2) is 36.5 Å². The lowest BCUT2D eigenvalue weighted by molar-refractivity contribution is 0.628. The predicted molar refractivity (Wildman–Crippen MR) is 74.8 cm³/mol. The lowest BCUT2D eigenvalue weighted by Crippen LogP contribution is -2.11. The molecule has 3 N–H and O–H groups in total. The molecule has 0 aliphatic heterocycles. The Bertz CT molecular complexity index is 586. The first-order chi connectivity index (χ1) is 8.56. The number of pyridine rings is 1. The molecule has 0 aliphatic rings. The van der Waals surface area contributed by atoms with Crippen LogP contribution in [0.3, 0.4) is 0 Å². The number of benzene rings is 1. The van der Waals surface area contributed by atoms with Gasteiger partial charge in [0.25, 0.3) is 0 Å². The van der Waals surface area contributed by atoms with Crippen LogP contribution in [-0.2, 0) is 0 Å². The van der Waals surface area contributed by atoms with Crippen LogP contribution in [-0.4, -0.2) is 9.97 Å². The molecule has 0 saturated heterocycles. The van der Waals surface area contributed by atoms with Gasteiger partial charge in [-0.25, -0.2) is 4.39 Å². The Balaban J connectivity index is 2.21. The number of hydrogen-bond donors (Lipinski definition) is 2. The van der Waals surface area contributed by atoms with Gasteiger partial charge in [-0.3, -0.25) is 4.98 Å². The number of nitrogens with two attached hydrogens (primary N) is 1. The van der Waals surface area contributed by atoms with Crippen molar-refractivity contribution in [2.75, 3.05) is 5.32 Å². The highest BCUT2D eigenvalue weighted by atomic mass is 35.5. The van der Waals surface area contributed by atoms with Gasteiger partial charge in [0.15, 0.2) is 0 Å². The van der Waals surface area contributed by atoms with Crippen molar-refractivity contribution in [3.05, 3.63) is 53.1 Å². The summed E-state index contributed by atoms with van der Waals surface area (Å²) in [5.74, 6) is -0.382. The van der Waals surface area contributed by atoms with Crippen LogP contribution in [0.2, 0.25) is 5.02 Å². The average Bonchev–Trinajstić information content (AvgIpc) is 2.33. The molecule has 1 aromatic carbocycles. The molecule has 0 aliphatic carbocycles. The summed E-state index contributed by atoms with van der Waals surface area (Å²) in [6, 6.07) is 7.58. The van der Waals surface area contributed by atoms with Crippen LogP contribution < -0.4 is 11.1 Å². The third-order valence-corrected chi connectivity index (χ3v) is 2.75. The van der Waals surface area contributed by atoms with E-state index in [0.717, 1.165) is 0 Å². The second kappa shape index (κ2) is 5.29. The number of halogens is 2. The molecule has 1 aromatic heterocycles. The van der Waals surface area contributed by atoms with E-state index in [4.69, 9.17) is 29.6 Å². The van der Waals surface area contributed by atoms with E-state index in [2.05, 4.69) is 10.3 Å². The highest BCUT2D eigenvalue weighted by Gasteiger charge is 2.03. The monoisotopic (exact) mass is 281 g/mol. The average molecular weight is 282 g/mol. The predicted octanol–water partition coefficient (Wildman–Crippen LogP) is 3.25. The second-order valence-corrected chi connectivity index (χ2v) is 4.39. The third kappa shape index (κ3) is 2.94. The van der Waals surface area contributed by atoms with Crippen LogP contribution in [0.5, 0.6) is 0 Å². The Morgan fingerprint density at radius 2 is 2.11 bits per heavy atom. The van der Waals surface area contributed by atoms with E-state index in [9.17, 15) is 4.39 Å². The fraction of sp³-hybridized carbons (Fsp3) is 0. The van der Waals surface area contributed by atoms with Crippen molar-refractivity contribution in [3.8, 4) is 0 Å². The van der Waals surface area contributed by atoms with E-state index in [-0.39, 0.29) is 10.8 Å². The van der Waals surface area contributed by atoms with Gasteiger partial charge >= 0.3 is 0 Å². The minimum Gasteiger partial charge on any atom is -0.388 e. The molecule has 0 fully saturated rings. The molecule has 0 unspecified atom stereocenters. The van der Waals surface area contributed by atoms with E-state index >= 15 is 0 Å². The quantitative estimate of drug-likeness (QED) is 0.848. The fourth-order valence-electron chi connectivity index (χ4n) is 1.36. The normalized spacial score (nSPS) is 10.1. The largest absolute Gasteiger partial charge is 0.388 e. The first kappa shape index (κ1) is 12.7. The van der Waals surface area contributed by atoms with Crippen molar-refractivity contribution < 1.29 is 4.39 Å².